The summed E-state index contributed by atoms with van der Waals surface area (Å²) in [5.41, 5.74) is 0.446. The van der Waals surface area contributed by atoms with E-state index >= 15 is 0 Å². The molecule has 1 aromatic carbocycles. The minimum Gasteiger partial charge on any atom is -0.468 e. The van der Waals surface area contributed by atoms with Crippen molar-refractivity contribution in [2.24, 2.45) is 5.92 Å². The van der Waals surface area contributed by atoms with Gasteiger partial charge in [0.1, 0.15) is 18.5 Å². The Bertz CT molecular complexity index is 782. The molecular formula is C17H17N3O6. The average molecular weight is 359 g/mol. The molecule has 0 radical (unpaired) electrons. The Morgan fingerprint density at radius 1 is 1.12 bits per heavy atom. The molecule has 3 aliphatic rings. The molecule has 3 fully saturated rings. The van der Waals surface area contributed by atoms with Gasteiger partial charge in [0.2, 0.25) is 11.8 Å². The molecule has 3 atom stereocenters. The summed E-state index contributed by atoms with van der Waals surface area (Å²) >= 11 is 0. The molecular weight excluding hydrogens is 342 g/mol. The number of benzene rings is 1. The summed E-state index contributed by atoms with van der Waals surface area (Å²) in [6, 6.07) is 7.62. The highest BCUT2D eigenvalue weighted by molar-refractivity contribution is 6.24. The first-order valence-electron chi connectivity index (χ1n) is 8.25. The fourth-order valence-corrected chi connectivity index (χ4v) is 3.66. The zero-order valence-electron chi connectivity index (χ0n) is 14.0. The number of hydrogen-bond donors (Lipinski definition) is 0. The molecule has 3 unspecified atom stereocenters. The first kappa shape index (κ1) is 16.7. The van der Waals surface area contributed by atoms with Crippen LogP contribution in [0.5, 0.6) is 0 Å². The fraction of sp³-hybridized carbons (Fsp3) is 0.412. The average Bonchev–Trinajstić information content (AvgIpc) is 3.15. The summed E-state index contributed by atoms with van der Waals surface area (Å²) < 4.78 is 4.61. The topological polar surface area (TPSA) is 96.5 Å². The second-order valence-corrected chi connectivity index (χ2v) is 6.32. The summed E-state index contributed by atoms with van der Waals surface area (Å²) in [4.78, 5) is 58.0. The van der Waals surface area contributed by atoms with Crippen molar-refractivity contribution < 1.29 is 28.8 Å². The van der Waals surface area contributed by atoms with E-state index in [1.165, 1.54) is 17.1 Å². The molecule has 0 spiro atoms. The highest BCUT2D eigenvalue weighted by Gasteiger charge is 2.63. The van der Waals surface area contributed by atoms with Crippen molar-refractivity contribution in [3.8, 4) is 0 Å². The standard InChI is InChI=1S/C17H17N3O6/c1-25-11(21)9-18-7-8-19-13(16(18)23)12-14(26-19)17(24)20(15(12)22)10-5-3-2-4-6-10/h2-6,12-14H,7-9H2,1H3. The number of ether oxygens (including phenoxy) is 1. The van der Waals surface area contributed by atoms with Gasteiger partial charge in [-0.25, -0.2) is 4.90 Å². The van der Waals surface area contributed by atoms with Gasteiger partial charge in [-0.15, -0.1) is 0 Å². The zero-order chi connectivity index (χ0) is 18.4. The summed E-state index contributed by atoms with van der Waals surface area (Å²) in [6.45, 7) is 0.378. The van der Waals surface area contributed by atoms with Gasteiger partial charge in [0, 0.05) is 13.1 Å². The van der Waals surface area contributed by atoms with Gasteiger partial charge in [0.05, 0.1) is 12.8 Å². The maximum absolute atomic E-state index is 12.9. The highest BCUT2D eigenvalue weighted by Crippen LogP contribution is 2.39. The number of nitrogens with zero attached hydrogens (tertiary/aromatic N) is 3. The van der Waals surface area contributed by atoms with E-state index in [4.69, 9.17) is 4.84 Å². The van der Waals surface area contributed by atoms with E-state index in [-0.39, 0.29) is 13.1 Å². The van der Waals surface area contributed by atoms with Crippen LogP contribution in [0, 0.1) is 5.92 Å². The summed E-state index contributed by atoms with van der Waals surface area (Å²) in [6.07, 6.45) is -1.02. The largest absolute Gasteiger partial charge is 0.468 e. The number of methoxy groups -OCH3 is 1. The Morgan fingerprint density at radius 2 is 1.85 bits per heavy atom. The predicted molar refractivity (Wildman–Crippen MR) is 86.4 cm³/mol. The zero-order valence-corrected chi connectivity index (χ0v) is 14.0. The van der Waals surface area contributed by atoms with Crippen molar-refractivity contribution in [2.45, 2.75) is 12.1 Å². The van der Waals surface area contributed by atoms with Crippen molar-refractivity contribution in [2.75, 3.05) is 31.6 Å². The van der Waals surface area contributed by atoms with Crippen molar-refractivity contribution in [1.29, 1.82) is 0 Å². The van der Waals surface area contributed by atoms with Crippen LogP contribution in [0.15, 0.2) is 30.3 Å². The van der Waals surface area contributed by atoms with Crippen LogP contribution < -0.4 is 4.90 Å². The molecule has 0 aromatic heterocycles. The number of hydrogen-bond acceptors (Lipinski definition) is 7. The van der Waals surface area contributed by atoms with Gasteiger partial charge < -0.3 is 9.64 Å². The maximum atomic E-state index is 12.9. The SMILES string of the molecule is COC(=O)CN1CCN2OC3C(=O)N(c4ccccc4)C(=O)C3C2C1=O. The lowest BCUT2D eigenvalue weighted by atomic mass is 9.94. The Balaban J connectivity index is 1.61. The predicted octanol–water partition coefficient (Wildman–Crippen LogP) is -0.824. The molecule has 0 N–H and O–H groups in total. The maximum Gasteiger partial charge on any atom is 0.325 e. The second-order valence-electron chi connectivity index (χ2n) is 6.32. The number of esters is 1. The summed E-state index contributed by atoms with van der Waals surface area (Å²) in [7, 11) is 1.24. The number of rotatable bonds is 3. The lowest BCUT2D eigenvalue weighted by Crippen LogP contribution is -2.58. The third kappa shape index (κ3) is 2.39. The van der Waals surface area contributed by atoms with Crippen LogP contribution in [0.3, 0.4) is 0 Å². The van der Waals surface area contributed by atoms with Crippen molar-refractivity contribution in [3.05, 3.63) is 30.3 Å². The van der Waals surface area contributed by atoms with E-state index in [9.17, 15) is 19.2 Å². The smallest absolute Gasteiger partial charge is 0.325 e. The van der Waals surface area contributed by atoms with E-state index in [2.05, 4.69) is 4.74 Å². The normalized spacial score (nSPS) is 28.3. The quantitative estimate of drug-likeness (QED) is 0.514. The number of piperazine rings is 1. The summed E-state index contributed by atoms with van der Waals surface area (Å²) in [5.74, 6) is -2.82. The minimum atomic E-state index is -1.02. The molecule has 0 aliphatic carbocycles. The van der Waals surface area contributed by atoms with Crippen LogP contribution in [0.25, 0.3) is 0 Å². The molecule has 3 heterocycles. The Labute approximate surface area is 149 Å². The first-order chi connectivity index (χ1) is 12.5. The van der Waals surface area contributed by atoms with E-state index in [0.717, 1.165) is 4.90 Å². The third-order valence-electron chi connectivity index (χ3n) is 4.91. The molecule has 136 valence electrons. The second kappa shape index (κ2) is 6.19. The van der Waals surface area contributed by atoms with E-state index in [1.807, 2.05) is 0 Å². The lowest BCUT2D eigenvalue weighted by Gasteiger charge is -2.36. The number of anilines is 1. The van der Waals surface area contributed by atoms with Crippen molar-refractivity contribution in [3.63, 3.8) is 0 Å². The van der Waals surface area contributed by atoms with E-state index < -0.39 is 41.8 Å². The third-order valence-corrected chi connectivity index (χ3v) is 4.91. The van der Waals surface area contributed by atoms with Gasteiger partial charge in [0.25, 0.3) is 5.91 Å². The van der Waals surface area contributed by atoms with E-state index in [1.54, 1.807) is 30.3 Å². The van der Waals surface area contributed by atoms with Crippen molar-refractivity contribution >= 4 is 29.4 Å². The number of fused-ring (bicyclic) bond motifs is 3. The number of amides is 3. The molecule has 1 aromatic rings. The van der Waals surface area contributed by atoms with Gasteiger partial charge >= 0.3 is 5.97 Å². The molecule has 0 saturated carbocycles. The van der Waals surface area contributed by atoms with Crippen LogP contribution in [0.1, 0.15) is 0 Å². The molecule has 9 nitrogen and oxygen atoms in total. The van der Waals surface area contributed by atoms with Crippen LogP contribution in [-0.2, 0) is 28.8 Å². The number of carbonyl (C=O) groups is 4. The lowest BCUT2D eigenvalue weighted by molar-refractivity contribution is -0.191. The number of para-hydroxylation sites is 1. The first-order valence-corrected chi connectivity index (χ1v) is 8.25. The molecule has 3 aliphatic heterocycles. The van der Waals surface area contributed by atoms with Crippen LogP contribution in [0.2, 0.25) is 0 Å². The van der Waals surface area contributed by atoms with Crippen LogP contribution in [-0.4, -0.2) is 72.5 Å². The number of imide groups is 1. The molecule has 3 saturated heterocycles. The highest BCUT2D eigenvalue weighted by atomic mass is 16.7. The van der Waals surface area contributed by atoms with Gasteiger partial charge in [-0.2, -0.15) is 5.06 Å². The molecule has 4 rings (SSSR count). The Morgan fingerprint density at radius 3 is 2.54 bits per heavy atom. The van der Waals surface area contributed by atoms with Gasteiger partial charge in [0.15, 0.2) is 6.10 Å². The molecule has 26 heavy (non-hydrogen) atoms. The monoisotopic (exact) mass is 359 g/mol. The Kier molecular flexibility index (Phi) is 3.97. The summed E-state index contributed by atoms with van der Waals surface area (Å²) in [5, 5.41) is 1.39. The van der Waals surface area contributed by atoms with Gasteiger partial charge in [-0.05, 0) is 12.1 Å². The fourth-order valence-electron chi connectivity index (χ4n) is 3.66. The van der Waals surface area contributed by atoms with Crippen LogP contribution >= 0.6 is 0 Å². The van der Waals surface area contributed by atoms with E-state index in [0.29, 0.717) is 12.2 Å². The number of hydroxylamine groups is 2. The molecule has 0 bridgehead atoms. The minimum absolute atomic E-state index is 0.193. The number of carbonyl (C=O) groups excluding carboxylic acids is 4. The molecule has 3 amide bonds. The van der Waals surface area contributed by atoms with Gasteiger partial charge in [-0.3, -0.25) is 24.0 Å². The van der Waals surface area contributed by atoms with Gasteiger partial charge in [-0.1, -0.05) is 18.2 Å². The molecule has 9 heteroatoms. The van der Waals surface area contributed by atoms with Crippen molar-refractivity contribution in [1.82, 2.24) is 9.96 Å². The Hall–Kier alpha value is -2.78. The van der Waals surface area contributed by atoms with Crippen LogP contribution in [0.4, 0.5) is 5.69 Å².